The van der Waals surface area contributed by atoms with Gasteiger partial charge in [0.05, 0.1) is 6.42 Å². The van der Waals surface area contributed by atoms with Crippen LogP contribution in [0.3, 0.4) is 0 Å². The quantitative estimate of drug-likeness (QED) is 0.774. The molecule has 2 aromatic rings. The largest absolute Gasteiger partial charge is 0.339 e. The predicted molar refractivity (Wildman–Crippen MR) is 62.5 cm³/mol. The molecule has 1 heterocycles. The average molecular weight is 216 g/mol. The first-order valence-corrected chi connectivity index (χ1v) is 5.42. The highest BCUT2D eigenvalue weighted by molar-refractivity contribution is 5.38. The van der Waals surface area contributed by atoms with Crippen molar-refractivity contribution in [2.75, 3.05) is 0 Å². The Bertz CT molecular complexity index is 491. The van der Waals surface area contributed by atoms with Gasteiger partial charge in [0, 0.05) is 0 Å². The van der Waals surface area contributed by atoms with Crippen molar-refractivity contribution in [2.24, 2.45) is 0 Å². The normalized spacial score (nSPS) is 10.8. The van der Waals surface area contributed by atoms with Crippen molar-refractivity contribution >= 4 is 0 Å². The van der Waals surface area contributed by atoms with Crippen molar-refractivity contribution in [3.8, 4) is 0 Å². The fraction of sp³-hybridized carbons (Fsp3) is 0.385. The van der Waals surface area contributed by atoms with Gasteiger partial charge < -0.3 is 4.52 Å². The van der Waals surface area contributed by atoms with Crippen LogP contribution in [0.15, 0.2) is 16.7 Å². The molecule has 0 amide bonds. The van der Waals surface area contributed by atoms with Gasteiger partial charge >= 0.3 is 0 Å². The number of aromatic nitrogens is 2. The lowest BCUT2D eigenvalue weighted by atomic mass is 9.97. The molecule has 0 aliphatic carbocycles. The third-order valence-electron chi connectivity index (χ3n) is 2.74. The summed E-state index contributed by atoms with van der Waals surface area (Å²) >= 11 is 0. The molecule has 0 saturated heterocycles. The minimum absolute atomic E-state index is 0.688. The second-order valence-electron chi connectivity index (χ2n) is 4.29. The van der Waals surface area contributed by atoms with Crippen molar-refractivity contribution in [3.63, 3.8) is 0 Å². The fourth-order valence-corrected chi connectivity index (χ4v) is 2.05. The van der Waals surface area contributed by atoms with Gasteiger partial charge in [0.2, 0.25) is 5.89 Å². The van der Waals surface area contributed by atoms with E-state index in [2.05, 4.69) is 43.0 Å². The number of rotatable bonds is 2. The lowest BCUT2D eigenvalue weighted by Crippen LogP contribution is -1.97. The van der Waals surface area contributed by atoms with Gasteiger partial charge in [-0.2, -0.15) is 4.98 Å². The second-order valence-corrected chi connectivity index (χ2v) is 4.29. The van der Waals surface area contributed by atoms with Gasteiger partial charge in [-0.3, -0.25) is 0 Å². The topological polar surface area (TPSA) is 38.9 Å². The van der Waals surface area contributed by atoms with Crippen molar-refractivity contribution in [3.05, 3.63) is 46.1 Å². The third kappa shape index (κ3) is 2.13. The molecule has 0 aliphatic heterocycles. The van der Waals surface area contributed by atoms with E-state index in [-0.39, 0.29) is 0 Å². The van der Waals surface area contributed by atoms with E-state index in [0.29, 0.717) is 11.7 Å². The van der Waals surface area contributed by atoms with Crippen LogP contribution in [-0.4, -0.2) is 10.1 Å². The zero-order chi connectivity index (χ0) is 11.7. The van der Waals surface area contributed by atoms with Crippen LogP contribution in [0.2, 0.25) is 0 Å². The van der Waals surface area contributed by atoms with E-state index >= 15 is 0 Å². The second kappa shape index (κ2) is 4.08. The molecule has 84 valence electrons. The van der Waals surface area contributed by atoms with Crippen LogP contribution in [0.4, 0.5) is 0 Å². The molecule has 0 saturated carbocycles. The van der Waals surface area contributed by atoms with Gasteiger partial charge in [-0.1, -0.05) is 22.9 Å². The highest BCUT2D eigenvalue weighted by Gasteiger charge is 2.09. The van der Waals surface area contributed by atoms with Gasteiger partial charge in [-0.15, -0.1) is 0 Å². The molecule has 1 aromatic heterocycles. The van der Waals surface area contributed by atoms with Crippen molar-refractivity contribution in [1.82, 2.24) is 10.1 Å². The molecule has 16 heavy (non-hydrogen) atoms. The van der Waals surface area contributed by atoms with Gasteiger partial charge in [0.25, 0.3) is 0 Å². The average Bonchev–Trinajstić information content (AvgIpc) is 2.58. The summed E-state index contributed by atoms with van der Waals surface area (Å²) in [5.74, 6) is 1.38. The van der Waals surface area contributed by atoms with E-state index < -0.39 is 0 Å². The highest BCUT2D eigenvalue weighted by atomic mass is 16.5. The molecule has 1 aromatic carbocycles. The molecule has 0 fully saturated rings. The molecule has 0 bridgehead atoms. The minimum Gasteiger partial charge on any atom is -0.339 e. The summed E-state index contributed by atoms with van der Waals surface area (Å²) in [6, 6.07) is 4.37. The van der Waals surface area contributed by atoms with E-state index in [0.717, 1.165) is 6.42 Å². The fourth-order valence-electron chi connectivity index (χ4n) is 2.05. The Morgan fingerprint density at radius 3 is 2.19 bits per heavy atom. The molecule has 0 atom stereocenters. The summed E-state index contributed by atoms with van der Waals surface area (Å²) in [7, 11) is 0. The van der Waals surface area contributed by atoms with Crippen molar-refractivity contribution in [1.29, 1.82) is 0 Å². The number of benzene rings is 1. The van der Waals surface area contributed by atoms with Gasteiger partial charge in [0.1, 0.15) is 0 Å². The van der Waals surface area contributed by atoms with Crippen LogP contribution >= 0.6 is 0 Å². The van der Waals surface area contributed by atoms with Crippen LogP contribution in [0.5, 0.6) is 0 Å². The summed E-state index contributed by atoms with van der Waals surface area (Å²) in [6.07, 6.45) is 0.721. The summed E-state index contributed by atoms with van der Waals surface area (Å²) in [5, 5.41) is 3.80. The molecule has 0 aliphatic rings. The molecule has 3 heteroatoms. The Balaban J connectivity index is 2.34. The molecule has 3 nitrogen and oxygen atoms in total. The first-order chi connectivity index (χ1) is 7.56. The van der Waals surface area contributed by atoms with Crippen LogP contribution in [0, 0.1) is 27.7 Å². The van der Waals surface area contributed by atoms with Crippen LogP contribution < -0.4 is 0 Å². The van der Waals surface area contributed by atoms with E-state index in [1.165, 1.54) is 22.3 Å². The predicted octanol–water partition coefficient (Wildman–Crippen LogP) is 2.89. The third-order valence-corrected chi connectivity index (χ3v) is 2.74. The van der Waals surface area contributed by atoms with E-state index in [9.17, 15) is 0 Å². The monoisotopic (exact) mass is 216 g/mol. The Hall–Kier alpha value is -1.64. The first kappa shape index (κ1) is 10.9. The van der Waals surface area contributed by atoms with Crippen molar-refractivity contribution in [2.45, 2.75) is 34.1 Å². The number of aryl methyl sites for hydroxylation is 4. The number of hydrogen-bond donors (Lipinski definition) is 0. The Morgan fingerprint density at radius 1 is 1.06 bits per heavy atom. The maximum absolute atomic E-state index is 5.15. The molecule has 0 N–H and O–H groups in total. The number of nitrogens with zero attached hydrogens (tertiary/aromatic N) is 2. The van der Waals surface area contributed by atoms with Gasteiger partial charge in [0.15, 0.2) is 5.82 Å². The number of hydrogen-bond acceptors (Lipinski definition) is 3. The van der Waals surface area contributed by atoms with Crippen molar-refractivity contribution < 1.29 is 4.52 Å². The van der Waals surface area contributed by atoms with Crippen LogP contribution in [0.25, 0.3) is 0 Å². The molecule has 0 radical (unpaired) electrons. The van der Waals surface area contributed by atoms with Crippen LogP contribution in [-0.2, 0) is 6.42 Å². The molecular formula is C13H16N2O. The van der Waals surface area contributed by atoms with Gasteiger partial charge in [-0.05, 0) is 44.4 Å². The van der Waals surface area contributed by atoms with E-state index in [1.54, 1.807) is 0 Å². The summed E-state index contributed by atoms with van der Waals surface area (Å²) in [4.78, 5) is 4.23. The molecule has 2 rings (SSSR count). The van der Waals surface area contributed by atoms with E-state index in [4.69, 9.17) is 4.52 Å². The summed E-state index contributed by atoms with van der Waals surface area (Å²) < 4.78 is 5.15. The standard InChI is InChI=1S/C13H16N2O/c1-8-5-9(2)12(10(3)6-8)7-13-14-11(4)15-16-13/h5-6H,7H2,1-4H3. The lowest BCUT2D eigenvalue weighted by molar-refractivity contribution is 0.381. The van der Waals surface area contributed by atoms with E-state index in [1.807, 2.05) is 6.92 Å². The Labute approximate surface area is 95.5 Å². The maximum Gasteiger partial charge on any atom is 0.231 e. The zero-order valence-corrected chi connectivity index (χ0v) is 10.2. The SMILES string of the molecule is Cc1cc(C)c(Cc2nc(C)no2)c(C)c1. The highest BCUT2D eigenvalue weighted by Crippen LogP contribution is 2.19. The molecular weight excluding hydrogens is 200 g/mol. The van der Waals surface area contributed by atoms with Crippen LogP contribution in [0.1, 0.15) is 34.0 Å². The van der Waals surface area contributed by atoms with Gasteiger partial charge in [-0.25, -0.2) is 0 Å². The smallest absolute Gasteiger partial charge is 0.231 e. The Morgan fingerprint density at radius 2 is 1.69 bits per heavy atom. The Kier molecular flexibility index (Phi) is 2.77. The first-order valence-electron chi connectivity index (χ1n) is 5.42. The zero-order valence-electron chi connectivity index (χ0n) is 10.2. The minimum atomic E-state index is 0.688. The molecule has 0 unspecified atom stereocenters. The maximum atomic E-state index is 5.15. The summed E-state index contributed by atoms with van der Waals surface area (Å²) in [5.41, 5.74) is 5.15. The molecule has 0 spiro atoms. The lowest BCUT2D eigenvalue weighted by Gasteiger charge is -2.08. The summed E-state index contributed by atoms with van der Waals surface area (Å²) in [6.45, 7) is 8.19.